The summed E-state index contributed by atoms with van der Waals surface area (Å²) in [5.41, 5.74) is 4.63. The summed E-state index contributed by atoms with van der Waals surface area (Å²) < 4.78 is 11.1. The van der Waals surface area contributed by atoms with E-state index in [-0.39, 0.29) is 24.0 Å². The number of carbonyl (C=O) groups is 2. The molecule has 0 aliphatic carbocycles. The zero-order valence-corrected chi connectivity index (χ0v) is 21.2. The van der Waals surface area contributed by atoms with Gasteiger partial charge in [0.25, 0.3) is 0 Å². The van der Waals surface area contributed by atoms with Crippen LogP contribution in [-0.4, -0.2) is 68.6 Å². The molecule has 2 aromatic carbocycles. The first-order valence-corrected chi connectivity index (χ1v) is 12.4. The van der Waals surface area contributed by atoms with E-state index in [1.807, 2.05) is 31.2 Å². The first kappa shape index (κ1) is 24.0. The van der Waals surface area contributed by atoms with Gasteiger partial charge in [-0.2, -0.15) is 5.10 Å². The van der Waals surface area contributed by atoms with Gasteiger partial charge in [-0.1, -0.05) is 12.1 Å². The monoisotopic (exact) mass is 491 g/mol. The molecule has 3 aliphatic rings. The van der Waals surface area contributed by atoms with Crippen LogP contribution in [0.4, 0.5) is 10.5 Å². The molecule has 3 amide bonds. The third-order valence-electron chi connectivity index (χ3n) is 7.44. The van der Waals surface area contributed by atoms with Gasteiger partial charge < -0.3 is 25.0 Å². The Morgan fingerprint density at radius 3 is 2.44 bits per heavy atom. The molecule has 9 heteroatoms. The molecule has 9 nitrogen and oxygen atoms in total. The summed E-state index contributed by atoms with van der Waals surface area (Å²) in [6, 6.07) is 12.3. The van der Waals surface area contributed by atoms with E-state index < -0.39 is 0 Å². The van der Waals surface area contributed by atoms with E-state index in [0.29, 0.717) is 42.6 Å². The summed E-state index contributed by atoms with van der Waals surface area (Å²) in [5, 5.41) is 12.1. The van der Waals surface area contributed by atoms with Crippen LogP contribution in [0.2, 0.25) is 0 Å². The largest absolute Gasteiger partial charge is 0.493 e. The van der Waals surface area contributed by atoms with Crippen molar-refractivity contribution < 1.29 is 19.1 Å². The predicted molar refractivity (Wildman–Crippen MR) is 138 cm³/mol. The van der Waals surface area contributed by atoms with Crippen molar-refractivity contribution >= 4 is 23.3 Å². The lowest BCUT2D eigenvalue weighted by Crippen LogP contribution is -2.41. The molecule has 2 aromatic rings. The Labute approximate surface area is 211 Å². The number of carbonyl (C=O) groups excluding carboxylic acids is 2. The number of hydrogen-bond acceptors (Lipinski definition) is 6. The first-order chi connectivity index (χ1) is 17.4. The van der Waals surface area contributed by atoms with Crippen molar-refractivity contribution in [2.45, 2.75) is 50.7 Å². The molecule has 0 radical (unpaired) electrons. The lowest BCUT2D eigenvalue weighted by atomic mass is 9.94. The number of ether oxygens (including phenoxy) is 2. The standard InChI is InChI=1S/C27H33N5O4/c1-16-11-18-12-23(35-3)24(36-4)14-22(18)26(30-32(16)27(34)28-2)17-5-7-19(8-6-17)31-20-9-10-21(31)15-29-25(33)13-20/h5-8,12,14,16,20-21H,9-11,13,15H2,1-4H3,(H,28,34)(H,29,33). The first-order valence-electron chi connectivity index (χ1n) is 12.4. The molecule has 190 valence electrons. The average molecular weight is 492 g/mol. The molecule has 0 spiro atoms. The molecule has 3 heterocycles. The number of urea groups is 1. The molecule has 3 aliphatic heterocycles. The Bertz CT molecular complexity index is 1200. The highest BCUT2D eigenvalue weighted by molar-refractivity contribution is 6.14. The van der Waals surface area contributed by atoms with Gasteiger partial charge in [0.2, 0.25) is 5.91 Å². The van der Waals surface area contributed by atoms with Gasteiger partial charge in [-0.05, 0) is 56.0 Å². The average Bonchev–Trinajstić information content (AvgIpc) is 3.13. The van der Waals surface area contributed by atoms with E-state index in [1.54, 1.807) is 21.3 Å². The SMILES string of the molecule is CNC(=O)N1N=C(c2ccc(N3C4CCC3CC(=O)NC4)cc2)c2cc(OC)c(OC)cc2CC1C. The molecule has 36 heavy (non-hydrogen) atoms. The second-order valence-electron chi connectivity index (χ2n) is 9.61. The summed E-state index contributed by atoms with van der Waals surface area (Å²) in [4.78, 5) is 27.2. The number of benzene rings is 2. The number of anilines is 1. The highest BCUT2D eigenvalue weighted by Gasteiger charge is 2.37. The lowest BCUT2D eigenvalue weighted by molar-refractivity contribution is -0.121. The minimum Gasteiger partial charge on any atom is -0.493 e. The van der Waals surface area contributed by atoms with Gasteiger partial charge in [0.1, 0.15) is 0 Å². The molecule has 2 saturated heterocycles. The third-order valence-corrected chi connectivity index (χ3v) is 7.44. The molecule has 2 bridgehead atoms. The number of nitrogens with zero attached hydrogens (tertiary/aromatic N) is 3. The van der Waals surface area contributed by atoms with Gasteiger partial charge in [0, 0.05) is 48.9 Å². The summed E-state index contributed by atoms with van der Waals surface area (Å²) in [7, 11) is 4.84. The number of fused-ring (bicyclic) bond motifs is 3. The third kappa shape index (κ3) is 4.23. The van der Waals surface area contributed by atoms with E-state index in [2.05, 4.69) is 27.7 Å². The van der Waals surface area contributed by atoms with E-state index >= 15 is 0 Å². The highest BCUT2D eigenvalue weighted by atomic mass is 16.5. The van der Waals surface area contributed by atoms with Gasteiger partial charge in [-0.25, -0.2) is 9.80 Å². The molecular weight excluding hydrogens is 458 g/mol. The molecule has 5 rings (SSSR count). The summed E-state index contributed by atoms with van der Waals surface area (Å²) in [5.74, 6) is 1.38. The van der Waals surface area contributed by atoms with Crippen LogP contribution in [-0.2, 0) is 11.2 Å². The quantitative estimate of drug-likeness (QED) is 0.686. The van der Waals surface area contributed by atoms with E-state index in [9.17, 15) is 9.59 Å². The Kier molecular flexibility index (Phi) is 6.47. The van der Waals surface area contributed by atoms with Crippen LogP contribution >= 0.6 is 0 Å². The van der Waals surface area contributed by atoms with Crippen LogP contribution in [0.3, 0.4) is 0 Å². The molecule has 3 unspecified atom stereocenters. The summed E-state index contributed by atoms with van der Waals surface area (Å²) in [6.07, 6.45) is 3.25. The fourth-order valence-corrected chi connectivity index (χ4v) is 5.64. The van der Waals surface area contributed by atoms with Crippen molar-refractivity contribution in [3.05, 3.63) is 53.1 Å². The number of amides is 3. The molecule has 0 aromatic heterocycles. The van der Waals surface area contributed by atoms with Gasteiger partial charge in [-0.3, -0.25) is 4.79 Å². The normalized spacial score (nSPS) is 23.2. The second kappa shape index (κ2) is 9.72. The van der Waals surface area contributed by atoms with Crippen molar-refractivity contribution in [1.82, 2.24) is 15.6 Å². The second-order valence-corrected chi connectivity index (χ2v) is 9.61. The lowest BCUT2D eigenvalue weighted by Gasteiger charge is -2.30. The van der Waals surface area contributed by atoms with Crippen molar-refractivity contribution in [1.29, 1.82) is 0 Å². The Hall–Kier alpha value is -3.75. The van der Waals surface area contributed by atoms with Crippen molar-refractivity contribution in [2.75, 3.05) is 32.7 Å². The topological polar surface area (TPSA) is 95.5 Å². The zero-order valence-electron chi connectivity index (χ0n) is 21.2. The highest BCUT2D eigenvalue weighted by Crippen LogP contribution is 2.36. The smallest absolute Gasteiger partial charge is 0.337 e. The van der Waals surface area contributed by atoms with E-state index in [4.69, 9.17) is 14.6 Å². The predicted octanol–water partition coefficient (Wildman–Crippen LogP) is 2.90. The van der Waals surface area contributed by atoms with Crippen molar-refractivity contribution in [3.8, 4) is 11.5 Å². The van der Waals surface area contributed by atoms with Crippen LogP contribution in [0.25, 0.3) is 0 Å². The zero-order chi connectivity index (χ0) is 25.4. The Balaban J connectivity index is 1.57. The molecule has 0 saturated carbocycles. The number of methoxy groups -OCH3 is 2. The Morgan fingerprint density at radius 1 is 1.06 bits per heavy atom. The van der Waals surface area contributed by atoms with E-state index in [1.165, 1.54) is 5.01 Å². The number of hydrogen-bond donors (Lipinski definition) is 2. The summed E-state index contributed by atoms with van der Waals surface area (Å²) >= 11 is 0. The van der Waals surface area contributed by atoms with Crippen LogP contribution in [0, 0.1) is 0 Å². The fraction of sp³-hybridized carbons (Fsp3) is 0.444. The summed E-state index contributed by atoms with van der Waals surface area (Å²) in [6.45, 7) is 2.66. The molecule has 2 N–H and O–H groups in total. The minimum atomic E-state index is -0.262. The van der Waals surface area contributed by atoms with Crippen LogP contribution < -0.4 is 25.0 Å². The fourth-order valence-electron chi connectivity index (χ4n) is 5.64. The van der Waals surface area contributed by atoms with Gasteiger partial charge in [0.15, 0.2) is 11.5 Å². The van der Waals surface area contributed by atoms with E-state index in [0.717, 1.165) is 35.2 Å². The number of rotatable bonds is 4. The molecular formula is C27H33N5O4. The maximum Gasteiger partial charge on any atom is 0.337 e. The van der Waals surface area contributed by atoms with Crippen LogP contribution in [0.15, 0.2) is 41.5 Å². The molecule has 3 atom stereocenters. The van der Waals surface area contributed by atoms with Crippen LogP contribution in [0.5, 0.6) is 11.5 Å². The van der Waals surface area contributed by atoms with Gasteiger partial charge in [-0.15, -0.1) is 0 Å². The van der Waals surface area contributed by atoms with Crippen molar-refractivity contribution in [3.63, 3.8) is 0 Å². The molecule has 2 fully saturated rings. The maximum atomic E-state index is 12.7. The van der Waals surface area contributed by atoms with Gasteiger partial charge in [0.05, 0.1) is 26.0 Å². The number of nitrogens with one attached hydrogen (secondary N) is 2. The van der Waals surface area contributed by atoms with Gasteiger partial charge >= 0.3 is 6.03 Å². The Morgan fingerprint density at radius 2 is 1.75 bits per heavy atom. The number of hydrazone groups is 1. The maximum absolute atomic E-state index is 12.7. The van der Waals surface area contributed by atoms with Crippen molar-refractivity contribution in [2.24, 2.45) is 5.10 Å². The minimum absolute atomic E-state index is 0.126. The van der Waals surface area contributed by atoms with Crippen LogP contribution in [0.1, 0.15) is 42.9 Å².